The van der Waals surface area contributed by atoms with Gasteiger partial charge in [0.2, 0.25) is 0 Å². The lowest BCUT2D eigenvalue weighted by Crippen LogP contribution is -2.09. The van der Waals surface area contributed by atoms with Crippen molar-refractivity contribution in [3.05, 3.63) is 24.3 Å². The van der Waals surface area contributed by atoms with Gasteiger partial charge >= 0.3 is 0 Å². The van der Waals surface area contributed by atoms with E-state index in [9.17, 15) is 0 Å². The highest BCUT2D eigenvalue weighted by molar-refractivity contribution is 8.00. The zero-order chi connectivity index (χ0) is 11.8. The van der Waals surface area contributed by atoms with Gasteiger partial charge in [-0.2, -0.15) is 0 Å². The molecule has 2 unspecified atom stereocenters. The van der Waals surface area contributed by atoms with Gasteiger partial charge in [-0.05, 0) is 38.5 Å². The quantitative estimate of drug-likeness (QED) is 0.583. The fourth-order valence-corrected chi connectivity index (χ4v) is 4.17. The van der Waals surface area contributed by atoms with Crippen molar-refractivity contribution in [1.82, 2.24) is 0 Å². The highest BCUT2D eigenvalue weighted by Crippen LogP contribution is 2.30. The first-order chi connectivity index (χ1) is 8.45. The van der Waals surface area contributed by atoms with Gasteiger partial charge in [-0.15, -0.1) is 11.8 Å². The molecule has 0 nitrogen and oxygen atoms in total. The van der Waals surface area contributed by atoms with Gasteiger partial charge < -0.3 is 0 Å². The summed E-state index contributed by atoms with van der Waals surface area (Å²) in [5.41, 5.74) is 0. The molecule has 2 rings (SSSR count). The fraction of sp³-hybridized carbons (Fsp3) is 0.750. The fourth-order valence-electron chi connectivity index (χ4n) is 2.71. The summed E-state index contributed by atoms with van der Waals surface area (Å²) in [6.45, 7) is 0. The molecule has 0 aromatic heterocycles. The second-order valence-corrected chi connectivity index (χ2v) is 6.83. The van der Waals surface area contributed by atoms with Crippen LogP contribution < -0.4 is 0 Å². The average molecular weight is 250 g/mol. The molecule has 0 radical (unpaired) electrons. The van der Waals surface area contributed by atoms with Crippen LogP contribution in [-0.2, 0) is 0 Å². The van der Waals surface area contributed by atoms with Gasteiger partial charge in [0.25, 0.3) is 0 Å². The predicted octanol–water partition coefficient (Wildman–Crippen LogP) is 5.50. The molecule has 17 heavy (non-hydrogen) atoms. The van der Waals surface area contributed by atoms with E-state index < -0.39 is 0 Å². The Kier molecular flexibility index (Phi) is 6.26. The second-order valence-electron chi connectivity index (χ2n) is 5.35. The number of hydrogen-bond donors (Lipinski definition) is 0. The van der Waals surface area contributed by atoms with Crippen LogP contribution in [0.25, 0.3) is 0 Å². The molecule has 0 spiro atoms. The van der Waals surface area contributed by atoms with Crippen molar-refractivity contribution in [2.75, 3.05) is 0 Å². The molecular formula is C16H26S. The molecule has 0 amide bonds. The molecule has 1 heteroatoms. The lowest BCUT2D eigenvalue weighted by atomic mass is 10.1. The van der Waals surface area contributed by atoms with Crippen molar-refractivity contribution in [1.29, 1.82) is 0 Å². The molecule has 2 aliphatic rings. The van der Waals surface area contributed by atoms with Gasteiger partial charge in [-0.3, -0.25) is 0 Å². The summed E-state index contributed by atoms with van der Waals surface area (Å²) in [5.74, 6) is 0. The summed E-state index contributed by atoms with van der Waals surface area (Å²) in [6, 6.07) is 0. The zero-order valence-electron chi connectivity index (χ0n) is 10.9. The van der Waals surface area contributed by atoms with E-state index in [1.54, 1.807) is 0 Å². The summed E-state index contributed by atoms with van der Waals surface area (Å²) >= 11 is 2.21. The molecule has 96 valence electrons. The number of rotatable bonds is 2. The van der Waals surface area contributed by atoms with Crippen LogP contribution >= 0.6 is 11.8 Å². The average Bonchev–Trinajstić information content (AvgIpc) is 2.24. The molecule has 0 aromatic rings. The first kappa shape index (κ1) is 13.3. The van der Waals surface area contributed by atoms with Crippen molar-refractivity contribution >= 4 is 11.8 Å². The van der Waals surface area contributed by atoms with Crippen LogP contribution in [0.3, 0.4) is 0 Å². The Hall–Kier alpha value is -0.170. The summed E-state index contributed by atoms with van der Waals surface area (Å²) in [7, 11) is 0. The second kappa shape index (κ2) is 8.02. The first-order valence-electron chi connectivity index (χ1n) is 7.44. The van der Waals surface area contributed by atoms with Crippen molar-refractivity contribution in [2.45, 2.75) is 74.7 Å². The summed E-state index contributed by atoms with van der Waals surface area (Å²) in [4.78, 5) is 0. The predicted molar refractivity (Wildman–Crippen MR) is 79.6 cm³/mol. The molecule has 2 aliphatic carbocycles. The van der Waals surface area contributed by atoms with Crippen LogP contribution in [0, 0.1) is 0 Å². The Morgan fingerprint density at radius 2 is 1.18 bits per heavy atom. The van der Waals surface area contributed by atoms with Crippen molar-refractivity contribution in [2.24, 2.45) is 0 Å². The van der Waals surface area contributed by atoms with E-state index in [1.165, 1.54) is 64.2 Å². The molecule has 0 heterocycles. The topological polar surface area (TPSA) is 0 Å². The molecule has 0 saturated heterocycles. The molecule has 2 atom stereocenters. The lowest BCUT2D eigenvalue weighted by molar-refractivity contribution is 0.632. The summed E-state index contributed by atoms with van der Waals surface area (Å²) in [6.07, 6.45) is 23.7. The minimum absolute atomic E-state index is 0.782. The minimum atomic E-state index is 0.782. The molecule has 0 saturated carbocycles. The molecule has 0 aromatic carbocycles. The van der Waals surface area contributed by atoms with E-state index in [0.717, 1.165) is 10.5 Å². The molecule has 0 N–H and O–H groups in total. The van der Waals surface area contributed by atoms with Gasteiger partial charge in [-0.1, -0.05) is 50.0 Å². The Balaban J connectivity index is 1.84. The van der Waals surface area contributed by atoms with Crippen molar-refractivity contribution in [3.8, 4) is 0 Å². The third kappa shape index (κ3) is 5.33. The van der Waals surface area contributed by atoms with E-state index in [4.69, 9.17) is 0 Å². The van der Waals surface area contributed by atoms with Crippen LogP contribution in [0.4, 0.5) is 0 Å². The van der Waals surface area contributed by atoms with Crippen LogP contribution in [-0.4, -0.2) is 10.5 Å². The highest BCUT2D eigenvalue weighted by Gasteiger charge is 2.14. The van der Waals surface area contributed by atoms with E-state index in [-0.39, 0.29) is 0 Å². The maximum atomic E-state index is 2.48. The van der Waals surface area contributed by atoms with Crippen LogP contribution in [0.2, 0.25) is 0 Å². The number of thioether (sulfide) groups is 1. The number of hydrogen-bond acceptors (Lipinski definition) is 1. The summed E-state index contributed by atoms with van der Waals surface area (Å²) in [5, 5.41) is 1.56. The minimum Gasteiger partial charge on any atom is -0.147 e. The zero-order valence-corrected chi connectivity index (χ0v) is 11.8. The highest BCUT2D eigenvalue weighted by atomic mass is 32.2. The van der Waals surface area contributed by atoms with Gasteiger partial charge in [0.1, 0.15) is 0 Å². The van der Waals surface area contributed by atoms with E-state index in [2.05, 4.69) is 36.1 Å². The summed E-state index contributed by atoms with van der Waals surface area (Å²) < 4.78 is 0. The maximum absolute atomic E-state index is 2.48. The van der Waals surface area contributed by atoms with Crippen molar-refractivity contribution in [3.63, 3.8) is 0 Å². The molecule has 0 bridgehead atoms. The number of allylic oxidation sites excluding steroid dienone is 2. The van der Waals surface area contributed by atoms with E-state index in [0.29, 0.717) is 0 Å². The van der Waals surface area contributed by atoms with Gasteiger partial charge in [0.15, 0.2) is 0 Å². The SMILES string of the molecule is C1=C\C(SC2/C=C\CCCCC2)CCCCC/1. The third-order valence-electron chi connectivity index (χ3n) is 3.77. The smallest absolute Gasteiger partial charge is 0.0232 e. The van der Waals surface area contributed by atoms with Gasteiger partial charge in [0.05, 0.1) is 0 Å². The Morgan fingerprint density at radius 3 is 1.71 bits per heavy atom. The van der Waals surface area contributed by atoms with E-state index in [1.807, 2.05) is 0 Å². The molecule has 0 fully saturated rings. The first-order valence-corrected chi connectivity index (χ1v) is 8.38. The van der Waals surface area contributed by atoms with Gasteiger partial charge in [0, 0.05) is 10.5 Å². The third-order valence-corrected chi connectivity index (χ3v) is 5.25. The molecule has 0 aliphatic heterocycles. The van der Waals surface area contributed by atoms with Crippen LogP contribution in [0.15, 0.2) is 24.3 Å². The molecular weight excluding hydrogens is 224 g/mol. The maximum Gasteiger partial charge on any atom is 0.0232 e. The Morgan fingerprint density at radius 1 is 0.647 bits per heavy atom. The normalized spacial score (nSPS) is 35.1. The van der Waals surface area contributed by atoms with Gasteiger partial charge in [-0.25, -0.2) is 0 Å². The van der Waals surface area contributed by atoms with Crippen molar-refractivity contribution < 1.29 is 0 Å². The largest absolute Gasteiger partial charge is 0.147 e. The Labute approximate surface area is 111 Å². The van der Waals surface area contributed by atoms with Crippen LogP contribution in [0.5, 0.6) is 0 Å². The Bertz CT molecular complexity index is 228. The lowest BCUT2D eigenvalue weighted by Gasteiger charge is -2.21. The van der Waals surface area contributed by atoms with Crippen LogP contribution in [0.1, 0.15) is 64.2 Å². The monoisotopic (exact) mass is 250 g/mol. The standard InChI is InChI=1S/C16H26S/c1-3-7-11-15(12-8-4-1)17-16-13-9-5-2-6-10-14-16/h7,9,11,13,15-16H,1-6,8,10,12,14H2/b11-7-,13-9-. The van der Waals surface area contributed by atoms with E-state index >= 15 is 0 Å².